The Balaban J connectivity index is 1.76. The van der Waals surface area contributed by atoms with Crippen molar-refractivity contribution in [2.75, 3.05) is 0 Å². The molecule has 2 heteroatoms. The van der Waals surface area contributed by atoms with Crippen LogP contribution in [-0.2, 0) is 9.59 Å². The molecule has 4 aliphatic rings. The highest BCUT2D eigenvalue weighted by Gasteiger charge is 2.58. The number of ketones is 2. The normalized spacial score (nSPS) is 49.2. The second-order valence-electron chi connectivity index (χ2n) is 8.52. The Labute approximate surface area is 127 Å². The summed E-state index contributed by atoms with van der Waals surface area (Å²) in [5.74, 6) is 2.06. The zero-order valence-corrected chi connectivity index (χ0v) is 13.3. The molecule has 0 bridgehead atoms. The lowest BCUT2D eigenvalue weighted by Crippen LogP contribution is -2.53. The van der Waals surface area contributed by atoms with Crippen LogP contribution in [0.25, 0.3) is 0 Å². The summed E-state index contributed by atoms with van der Waals surface area (Å²) in [5, 5.41) is 0. The molecule has 3 saturated carbocycles. The first-order valence-electron chi connectivity index (χ1n) is 8.71. The van der Waals surface area contributed by atoms with E-state index < -0.39 is 0 Å². The van der Waals surface area contributed by atoms with E-state index in [1.807, 2.05) is 6.08 Å². The summed E-state index contributed by atoms with van der Waals surface area (Å²) in [6.45, 7) is 4.76. The lowest BCUT2D eigenvalue weighted by Gasteiger charge is -2.56. The summed E-state index contributed by atoms with van der Waals surface area (Å²) in [6.07, 6.45) is 10.3. The van der Waals surface area contributed by atoms with Crippen LogP contribution >= 0.6 is 0 Å². The van der Waals surface area contributed by atoms with Gasteiger partial charge in [0.05, 0.1) is 0 Å². The molecule has 21 heavy (non-hydrogen) atoms. The van der Waals surface area contributed by atoms with Gasteiger partial charge in [0.25, 0.3) is 0 Å². The number of carbonyl (C=O) groups excluding carboxylic acids is 2. The van der Waals surface area contributed by atoms with Crippen molar-refractivity contribution in [3.05, 3.63) is 11.6 Å². The quantitative estimate of drug-likeness (QED) is 0.672. The van der Waals surface area contributed by atoms with Crippen LogP contribution in [0.3, 0.4) is 0 Å². The second kappa shape index (κ2) is 4.30. The summed E-state index contributed by atoms with van der Waals surface area (Å²) in [6, 6.07) is 0. The predicted octanol–water partition coefficient (Wildman–Crippen LogP) is 4.09. The van der Waals surface area contributed by atoms with Crippen LogP contribution in [0.1, 0.15) is 65.2 Å². The van der Waals surface area contributed by atoms with E-state index in [2.05, 4.69) is 13.8 Å². The van der Waals surface area contributed by atoms with Gasteiger partial charge in [-0.25, -0.2) is 0 Å². The number of hydrogen-bond acceptors (Lipinski definition) is 2. The molecule has 0 aliphatic heterocycles. The molecule has 0 radical (unpaired) electrons. The molecule has 0 N–H and O–H groups in total. The van der Waals surface area contributed by atoms with Crippen molar-refractivity contribution in [1.29, 1.82) is 0 Å². The van der Waals surface area contributed by atoms with E-state index in [-0.39, 0.29) is 17.1 Å². The van der Waals surface area contributed by atoms with Gasteiger partial charge in [0.15, 0.2) is 5.78 Å². The van der Waals surface area contributed by atoms with E-state index in [0.717, 1.165) is 12.0 Å². The number of rotatable bonds is 0. The molecule has 4 aliphatic carbocycles. The minimum Gasteiger partial charge on any atom is -0.299 e. The van der Waals surface area contributed by atoms with Crippen LogP contribution < -0.4 is 0 Å². The first-order valence-corrected chi connectivity index (χ1v) is 8.71. The third kappa shape index (κ3) is 1.77. The number of hydrogen-bond donors (Lipinski definition) is 0. The lowest BCUT2D eigenvalue weighted by molar-refractivity contribution is -0.139. The van der Waals surface area contributed by atoms with Crippen LogP contribution in [0.2, 0.25) is 0 Å². The van der Waals surface area contributed by atoms with E-state index in [1.54, 1.807) is 0 Å². The van der Waals surface area contributed by atoms with Crippen LogP contribution in [-0.4, -0.2) is 11.6 Å². The van der Waals surface area contributed by atoms with Gasteiger partial charge < -0.3 is 0 Å². The summed E-state index contributed by atoms with van der Waals surface area (Å²) >= 11 is 0. The molecule has 4 rings (SSSR count). The third-order valence-corrected chi connectivity index (χ3v) is 7.57. The van der Waals surface area contributed by atoms with E-state index in [1.165, 1.54) is 32.1 Å². The third-order valence-electron chi connectivity index (χ3n) is 7.57. The van der Waals surface area contributed by atoms with Crippen LogP contribution in [0, 0.1) is 28.6 Å². The summed E-state index contributed by atoms with van der Waals surface area (Å²) in [5.41, 5.74) is 1.70. The first kappa shape index (κ1) is 13.7. The average molecular weight is 286 g/mol. The lowest BCUT2D eigenvalue weighted by atomic mass is 9.47. The average Bonchev–Trinajstić information content (AvgIpc) is 2.82. The highest BCUT2D eigenvalue weighted by molar-refractivity contribution is 5.95. The van der Waals surface area contributed by atoms with Gasteiger partial charge in [-0.05, 0) is 60.8 Å². The van der Waals surface area contributed by atoms with Crippen molar-refractivity contribution in [1.82, 2.24) is 0 Å². The van der Waals surface area contributed by atoms with Gasteiger partial charge in [-0.1, -0.05) is 25.8 Å². The van der Waals surface area contributed by atoms with Crippen LogP contribution in [0.15, 0.2) is 11.6 Å². The van der Waals surface area contributed by atoms with E-state index >= 15 is 0 Å². The highest BCUT2D eigenvalue weighted by atomic mass is 16.1. The topological polar surface area (TPSA) is 34.1 Å². The fraction of sp³-hybridized carbons (Fsp3) is 0.789. The summed E-state index contributed by atoms with van der Waals surface area (Å²) in [4.78, 5) is 24.6. The van der Waals surface area contributed by atoms with Crippen molar-refractivity contribution >= 4 is 11.6 Å². The minimum atomic E-state index is 0.121. The highest BCUT2D eigenvalue weighted by Crippen LogP contribution is 2.64. The Bertz CT molecular complexity index is 546. The molecular weight excluding hydrogens is 260 g/mol. The van der Waals surface area contributed by atoms with Gasteiger partial charge in [-0.3, -0.25) is 9.59 Å². The van der Waals surface area contributed by atoms with Crippen LogP contribution in [0.4, 0.5) is 0 Å². The Morgan fingerprint density at radius 3 is 2.67 bits per heavy atom. The maximum absolute atomic E-state index is 12.9. The maximum Gasteiger partial charge on any atom is 0.155 e. The Morgan fingerprint density at radius 1 is 1.05 bits per heavy atom. The second-order valence-corrected chi connectivity index (χ2v) is 8.52. The molecule has 0 amide bonds. The summed E-state index contributed by atoms with van der Waals surface area (Å²) < 4.78 is 0. The molecule has 0 aromatic rings. The number of Topliss-reactive ketones (excluding diaryl/α,β-unsaturated/α-hetero) is 1. The van der Waals surface area contributed by atoms with Crippen molar-refractivity contribution in [2.24, 2.45) is 28.6 Å². The smallest absolute Gasteiger partial charge is 0.155 e. The molecule has 0 heterocycles. The number of allylic oxidation sites excluding steroid dienone is 1. The van der Waals surface area contributed by atoms with Crippen molar-refractivity contribution in [3.8, 4) is 0 Å². The fourth-order valence-corrected chi connectivity index (χ4v) is 6.25. The molecule has 5 atom stereocenters. The first-order chi connectivity index (χ1) is 9.94. The number of carbonyl (C=O) groups is 2. The molecular formula is C19H26O2. The zero-order valence-electron chi connectivity index (χ0n) is 13.3. The summed E-state index contributed by atoms with van der Waals surface area (Å²) in [7, 11) is 0. The molecule has 114 valence electrons. The number of fused-ring (bicyclic) bond motifs is 5. The van der Waals surface area contributed by atoms with Crippen molar-refractivity contribution in [3.63, 3.8) is 0 Å². The monoisotopic (exact) mass is 286 g/mol. The van der Waals surface area contributed by atoms with E-state index in [0.29, 0.717) is 35.9 Å². The molecule has 0 aromatic carbocycles. The van der Waals surface area contributed by atoms with Crippen LogP contribution in [0.5, 0.6) is 0 Å². The van der Waals surface area contributed by atoms with Gasteiger partial charge in [-0.15, -0.1) is 0 Å². The standard InChI is InChI=1S/C19H26O2/c1-18-7-3-4-14(18)17-15(6-8-18)19(2)9-5-13(20)10-12(19)11-16(17)21/h10,14-15,17H,3-9,11H2,1-2H3/t14-,15-,17-,18-,19-/m0/s1. The van der Waals surface area contributed by atoms with Crippen molar-refractivity contribution in [2.45, 2.75) is 65.2 Å². The fourth-order valence-electron chi connectivity index (χ4n) is 6.25. The van der Waals surface area contributed by atoms with E-state index in [9.17, 15) is 9.59 Å². The molecule has 0 saturated heterocycles. The molecule has 3 fully saturated rings. The molecule has 0 aromatic heterocycles. The van der Waals surface area contributed by atoms with Gasteiger partial charge in [0, 0.05) is 18.8 Å². The Kier molecular flexibility index (Phi) is 2.81. The zero-order chi connectivity index (χ0) is 14.8. The van der Waals surface area contributed by atoms with E-state index in [4.69, 9.17) is 0 Å². The maximum atomic E-state index is 12.9. The molecule has 0 spiro atoms. The van der Waals surface area contributed by atoms with Crippen molar-refractivity contribution < 1.29 is 9.59 Å². The van der Waals surface area contributed by atoms with Gasteiger partial charge in [-0.2, -0.15) is 0 Å². The molecule has 0 unspecified atom stereocenters. The largest absolute Gasteiger partial charge is 0.299 e. The Morgan fingerprint density at radius 2 is 1.86 bits per heavy atom. The predicted molar refractivity (Wildman–Crippen MR) is 81.7 cm³/mol. The van der Waals surface area contributed by atoms with Gasteiger partial charge >= 0.3 is 0 Å². The SMILES string of the molecule is C[C@@]12CCC[C@H]1[C@@H]1C(=O)CC3=CC(=O)CC[C@]3(C)[C@H]1CC2. The van der Waals surface area contributed by atoms with Gasteiger partial charge in [0.2, 0.25) is 0 Å². The van der Waals surface area contributed by atoms with Gasteiger partial charge in [0.1, 0.15) is 5.78 Å². The Hall–Kier alpha value is -0.920. The molecule has 2 nitrogen and oxygen atoms in total. The minimum absolute atomic E-state index is 0.121.